The molecular weight excluding hydrogens is 152 g/mol. The number of thiocarbonyl (C=S) groups is 1. The molecule has 0 bridgehead atoms. The Morgan fingerprint density at radius 3 is 1.73 bits per heavy atom. The minimum Gasteiger partial charge on any atom is -0.0973 e. The van der Waals surface area contributed by atoms with Crippen molar-refractivity contribution in [2.45, 2.75) is 19.3 Å². The molecule has 0 nitrogen and oxygen atoms in total. The summed E-state index contributed by atoms with van der Waals surface area (Å²) in [6, 6.07) is 8.62. The summed E-state index contributed by atoms with van der Waals surface area (Å²) in [5, 5.41) is 0. The zero-order valence-electron chi connectivity index (χ0n) is 6.92. The van der Waals surface area contributed by atoms with E-state index < -0.39 is 0 Å². The molecular formula is C10H12S. The first-order valence-corrected chi connectivity index (χ1v) is 4.19. The van der Waals surface area contributed by atoms with Gasteiger partial charge in [0.05, 0.1) is 0 Å². The Hall–Kier alpha value is -0.690. The predicted octanol–water partition coefficient (Wildman–Crippen LogP) is 2.94. The predicted molar refractivity (Wildman–Crippen MR) is 53.3 cm³/mol. The van der Waals surface area contributed by atoms with Gasteiger partial charge in [-0.1, -0.05) is 50.3 Å². The highest BCUT2D eigenvalue weighted by Crippen LogP contribution is 2.48. The fourth-order valence-electron chi connectivity index (χ4n) is 1.43. The van der Waals surface area contributed by atoms with Gasteiger partial charge in [-0.3, -0.25) is 0 Å². The van der Waals surface area contributed by atoms with Crippen molar-refractivity contribution in [1.82, 2.24) is 0 Å². The fraction of sp³-hybridized carbons (Fsp3) is 0.300. The lowest BCUT2D eigenvalue weighted by Crippen LogP contribution is -1.89. The molecule has 11 heavy (non-hydrogen) atoms. The molecule has 0 N–H and O–H groups in total. The van der Waals surface area contributed by atoms with Gasteiger partial charge in [0, 0.05) is 5.41 Å². The maximum absolute atomic E-state index is 3.83. The summed E-state index contributed by atoms with van der Waals surface area (Å²) >= 11 is 3.83. The standard InChI is InChI=1S/C9H10.CH2S/c1-9(2)7-5-3-4-6-8(7)9;1-2/h3-6H,1-2H3;1H2. The molecule has 0 aliphatic heterocycles. The number of benzene rings is 1. The third-order valence-electron chi connectivity index (χ3n) is 2.21. The number of fused-ring (bicyclic) bond motifs is 1. The van der Waals surface area contributed by atoms with Crippen LogP contribution >= 0.6 is 12.2 Å². The average molecular weight is 164 g/mol. The molecule has 1 aromatic rings. The molecule has 0 atom stereocenters. The van der Waals surface area contributed by atoms with E-state index in [-0.39, 0.29) is 0 Å². The molecule has 0 saturated carbocycles. The van der Waals surface area contributed by atoms with Crippen LogP contribution < -0.4 is 0 Å². The van der Waals surface area contributed by atoms with Crippen molar-refractivity contribution in [2.75, 3.05) is 0 Å². The summed E-state index contributed by atoms with van der Waals surface area (Å²) in [6.45, 7) is 4.52. The molecule has 58 valence electrons. The van der Waals surface area contributed by atoms with E-state index >= 15 is 0 Å². The maximum atomic E-state index is 3.83. The summed E-state index contributed by atoms with van der Waals surface area (Å²) in [5.41, 5.74) is 3.44. The van der Waals surface area contributed by atoms with Crippen LogP contribution in [0.5, 0.6) is 0 Å². The molecule has 0 amide bonds. The largest absolute Gasteiger partial charge is 0.0973 e. The minimum atomic E-state index is 0.406. The third kappa shape index (κ3) is 1.21. The summed E-state index contributed by atoms with van der Waals surface area (Å²) in [7, 11) is 0. The van der Waals surface area contributed by atoms with Crippen LogP contribution in [-0.4, -0.2) is 5.87 Å². The molecule has 1 heteroatoms. The normalized spacial score (nSPS) is 15.8. The average Bonchev–Trinajstić information content (AvgIpc) is 2.61. The molecule has 0 spiro atoms. The van der Waals surface area contributed by atoms with E-state index in [1.807, 2.05) is 0 Å². The molecule has 0 radical (unpaired) electrons. The van der Waals surface area contributed by atoms with Crippen molar-refractivity contribution >= 4 is 18.1 Å². The van der Waals surface area contributed by atoms with E-state index in [1.54, 1.807) is 0 Å². The molecule has 1 aromatic carbocycles. The molecule has 0 aromatic heterocycles. The zero-order chi connectivity index (χ0) is 8.48. The Balaban J connectivity index is 0.000000281. The molecule has 1 aliphatic rings. The van der Waals surface area contributed by atoms with E-state index in [0.29, 0.717) is 5.41 Å². The summed E-state index contributed by atoms with van der Waals surface area (Å²) in [5.74, 6) is 2.83. The van der Waals surface area contributed by atoms with Gasteiger partial charge in [0.1, 0.15) is 0 Å². The summed E-state index contributed by atoms with van der Waals surface area (Å²) in [4.78, 5) is 0. The van der Waals surface area contributed by atoms with E-state index in [4.69, 9.17) is 0 Å². The second-order valence-corrected chi connectivity index (χ2v) is 3.17. The Kier molecular flexibility index (Phi) is 2.10. The van der Waals surface area contributed by atoms with Crippen LogP contribution in [0.1, 0.15) is 25.0 Å². The van der Waals surface area contributed by atoms with Crippen LogP contribution in [-0.2, 0) is 5.41 Å². The SMILES string of the molecule is C=S.CC1(C)c2ccccc21. The first kappa shape index (κ1) is 8.41. The van der Waals surface area contributed by atoms with Gasteiger partial charge in [0.2, 0.25) is 0 Å². The second kappa shape index (κ2) is 2.74. The summed E-state index contributed by atoms with van der Waals surface area (Å²) in [6.07, 6.45) is 0. The monoisotopic (exact) mass is 164 g/mol. The minimum absolute atomic E-state index is 0.406. The van der Waals surface area contributed by atoms with Crippen LogP contribution in [0.15, 0.2) is 24.3 Å². The van der Waals surface area contributed by atoms with Crippen LogP contribution in [0, 0.1) is 0 Å². The van der Waals surface area contributed by atoms with Crippen LogP contribution in [0.3, 0.4) is 0 Å². The van der Waals surface area contributed by atoms with E-state index in [9.17, 15) is 0 Å². The van der Waals surface area contributed by atoms with Gasteiger partial charge in [0.25, 0.3) is 0 Å². The van der Waals surface area contributed by atoms with Gasteiger partial charge in [0.15, 0.2) is 0 Å². The molecule has 0 unspecified atom stereocenters. The topological polar surface area (TPSA) is 0 Å². The first-order valence-electron chi connectivity index (χ1n) is 3.62. The number of rotatable bonds is 0. The second-order valence-electron chi connectivity index (χ2n) is 3.17. The molecule has 0 saturated heterocycles. The Bertz CT molecular complexity index is 238. The molecule has 0 heterocycles. The van der Waals surface area contributed by atoms with Crippen molar-refractivity contribution in [3.63, 3.8) is 0 Å². The lowest BCUT2D eigenvalue weighted by molar-refractivity contribution is 0.793. The van der Waals surface area contributed by atoms with E-state index in [1.165, 1.54) is 11.1 Å². The molecule has 0 fully saturated rings. The fourth-order valence-corrected chi connectivity index (χ4v) is 1.43. The van der Waals surface area contributed by atoms with Crippen LogP contribution in [0.2, 0.25) is 0 Å². The van der Waals surface area contributed by atoms with Crippen molar-refractivity contribution in [1.29, 1.82) is 0 Å². The third-order valence-corrected chi connectivity index (χ3v) is 2.21. The highest BCUT2D eigenvalue weighted by molar-refractivity contribution is 7.77. The number of hydrogen-bond acceptors (Lipinski definition) is 1. The lowest BCUT2D eigenvalue weighted by atomic mass is 10.1. The van der Waals surface area contributed by atoms with Crippen molar-refractivity contribution in [3.05, 3.63) is 35.4 Å². The smallest absolute Gasteiger partial charge is 0.0152 e. The Morgan fingerprint density at radius 2 is 1.45 bits per heavy atom. The van der Waals surface area contributed by atoms with E-state index in [0.717, 1.165) is 0 Å². The van der Waals surface area contributed by atoms with E-state index in [2.05, 4.69) is 56.2 Å². The van der Waals surface area contributed by atoms with Crippen molar-refractivity contribution in [2.24, 2.45) is 0 Å². The van der Waals surface area contributed by atoms with Gasteiger partial charge in [-0.05, 0) is 17.0 Å². The highest BCUT2D eigenvalue weighted by atomic mass is 32.1. The zero-order valence-corrected chi connectivity index (χ0v) is 7.74. The lowest BCUT2D eigenvalue weighted by Gasteiger charge is -1.92. The number of hydrogen-bond donors (Lipinski definition) is 0. The van der Waals surface area contributed by atoms with Crippen molar-refractivity contribution < 1.29 is 0 Å². The highest BCUT2D eigenvalue weighted by Gasteiger charge is 2.40. The molecule has 1 aliphatic carbocycles. The molecule has 2 rings (SSSR count). The summed E-state index contributed by atoms with van der Waals surface area (Å²) < 4.78 is 0. The van der Waals surface area contributed by atoms with Gasteiger partial charge in [-0.2, -0.15) is 0 Å². The van der Waals surface area contributed by atoms with Gasteiger partial charge in [-0.25, -0.2) is 0 Å². The van der Waals surface area contributed by atoms with Crippen LogP contribution in [0.4, 0.5) is 0 Å². The maximum Gasteiger partial charge on any atom is 0.0152 e. The first-order chi connectivity index (χ1) is 5.23. The quantitative estimate of drug-likeness (QED) is 0.531. The van der Waals surface area contributed by atoms with Crippen molar-refractivity contribution in [3.8, 4) is 0 Å². The Morgan fingerprint density at radius 1 is 1.09 bits per heavy atom. The van der Waals surface area contributed by atoms with Crippen LogP contribution in [0.25, 0.3) is 0 Å². The van der Waals surface area contributed by atoms with Gasteiger partial charge >= 0.3 is 0 Å². The van der Waals surface area contributed by atoms with Gasteiger partial charge in [-0.15, -0.1) is 0 Å². The Labute approximate surface area is 73.2 Å². The van der Waals surface area contributed by atoms with Gasteiger partial charge < -0.3 is 0 Å².